The number of urea groups is 1. The van der Waals surface area contributed by atoms with Crippen molar-refractivity contribution >= 4 is 47.4 Å². The number of primary amides is 1. The summed E-state index contributed by atoms with van der Waals surface area (Å²) >= 11 is 1.13. The molecule has 1 aromatic rings. The predicted molar refractivity (Wildman–Crippen MR) is 151 cm³/mol. The molecule has 0 saturated carbocycles. The Kier molecular flexibility index (Phi) is 11.5. The van der Waals surface area contributed by atoms with E-state index in [-0.39, 0.29) is 12.5 Å². The van der Waals surface area contributed by atoms with Crippen LogP contribution in [0.25, 0.3) is 0 Å². The van der Waals surface area contributed by atoms with E-state index in [0.717, 1.165) is 16.8 Å². The molecule has 4 unspecified atom stereocenters. The average molecular weight is 577 g/mol. The lowest BCUT2D eigenvalue weighted by Crippen LogP contribution is -2.61. The zero-order valence-corrected chi connectivity index (χ0v) is 24.6. The lowest BCUT2D eigenvalue weighted by Gasteiger charge is -2.36. The van der Waals surface area contributed by atoms with Crippen LogP contribution in [-0.4, -0.2) is 71.1 Å². The van der Waals surface area contributed by atoms with Gasteiger partial charge in [0.05, 0.1) is 6.04 Å². The number of likely N-dealkylation sites (tertiary alicyclic amines) is 1. The van der Waals surface area contributed by atoms with Crippen molar-refractivity contribution < 1.29 is 28.8 Å². The molecule has 0 aromatic heterocycles. The average Bonchev–Trinajstić information content (AvgIpc) is 3.38. The molecule has 6 amide bonds. The van der Waals surface area contributed by atoms with E-state index < -0.39 is 65.0 Å². The van der Waals surface area contributed by atoms with Gasteiger partial charge in [-0.25, -0.2) is 4.79 Å². The van der Waals surface area contributed by atoms with Crippen molar-refractivity contribution in [1.82, 2.24) is 25.6 Å². The number of nitrogens with one attached hydrogen (secondary N) is 4. The smallest absolute Gasteiger partial charge is 0.316 e. The first kappa shape index (κ1) is 32.6. The molecular formula is C27H40N6O6S. The summed E-state index contributed by atoms with van der Waals surface area (Å²) in [5.74, 6) is -3.81. The maximum absolute atomic E-state index is 13.7. The summed E-state index contributed by atoms with van der Waals surface area (Å²) in [6.45, 7) is 10.5. The molecule has 1 aromatic carbocycles. The summed E-state index contributed by atoms with van der Waals surface area (Å²) in [5.41, 5.74) is 4.27. The number of ketones is 1. The molecule has 13 heteroatoms. The number of carbonyl (C=O) groups excluding carboxylic acids is 6. The Morgan fingerprint density at radius 1 is 0.975 bits per heavy atom. The van der Waals surface area contributed by atoms with Crippen molar-refractivity contribution in [2.24, 2.45) is 17.1 Å². The van der Waals surface area contributed by atoms with E-state index in [1.807, 2.05) is 30.3 Å². The summed E-state index contributed by atoms with van der Waals surface area (Å²) < 4.78 is 2.75. The minimum atomic E-state index is -1.16. The van der Waals surface area contributed by atoms with Gasteiger partial charge in [0.2, 0.25) is 17.6 Å². The van der Waals surface area contributed by atoms with Gasteiger partial charge < -0.3 is 26.6 Å². The molecule has 1 aliphatic rings. The molecule has 1 aliphatic heterocycles. The van der Waals surface area contributed by atoms with Crippen LogP contribution in [0.4, 0.5) is 4.79 Å². The second-order valence-electron chi connectivity index (χ2n) is 11.2. The first-order valence-electron chi connectivity index (χ1n) is 13.2. The third-order valence-corrected chi connectivity index (χ3v) is 7.28. The minimum absolute atomic E-state index is 0.248. The van der Waals surface area contributed by atoms with Crippen LogP contribution in [0.5, 0.6) is 0 Å². The van der Waals surface area contributed by atoms with Crippen molar-refractivity contribution in [3.63, 3.8) is 0 Å². The fourth-order valence-corrected chi connectivity index (χ4v) is 4.85. The third kappa shape index (κ3) is 8.97. The highest BCUT2D eigenvalue weighted by Gasteiger charge is 2.42. The van der Waals surface area contributed by atoms with Gasteiger partial charge in [-0.1, -0.05) is 52.8 Å². The molecule has 0 aliphatic carbocycles. The Bertz CT molecular complexity index is 1110. The SMILES string of the molecule is CC(NC(=O)C1CCCN1C(=O)C(NC(=O)NC(C(=O)NSc1ccccc1)C(C)C)C(C)(C)C)C(=O)C(N)=O. The Labute approximate surface area is 239 Å². The maximum Gasteiger partial charge on any atom is 0.316 e. The predicted octanol–water partition coefficient (Wildman–Crippen LogP) is 1.10. The minimum Gasteiger partial charge on any atom is -0.363 e. The van der Waals surface area contributed by atoms with Crippen LogP contribution < -0.4 is 26.4 Å². The normalized spacial score (nSPS) is 17.4. The fraction of sp³-hybridized carbons (Fsp3) is 0.556. The molecule has 1 saturated heterocycles. The van der Waals surface area contributed by atoms with Crippen molar-refractivity contribution in [2.75, 3.05) is 6.54 Å². The maximum atomic E-state index is 13.7. The summed E-state index contributed by atoms with van der Waals surface area (Å²) in [6.07, 6.45) is 0.895. The van der Waals surface area contributed by atoms with Gasteiger partial charge in [0, 0.05) is 11.4 Å². The van der Waals surface area contributed by atoms with Gasteiger partial charge in [0.1, 0.15) is 18.1 Å². The Morgan fingerprint density at radius 3 is 2.15 bits per heavy atom. The summed E-state index contributed by atoms with van der Waals surface area (Å²) in [5, 5.41) is 7.83. The molecule has 2 rings (SSSR count). The number of benzene rings is 1. The van der Waals surface area contributed by atoms with Crippen molar-refractivity contribution in [3.8, 4) is 0 Å². The van der Waals surface area contributed by atoms with E-state index in [1.165, 1.54) is 11.8 Å². The first-order valence-corrected chi connectivity index (χ1v) is 14.0. The highest BCUT2D eigenvalue weighted by Crippen LogP contribution is 2.26. The number of amides is 6. The van der Waals surface area contributed by atoms with Crippen LogP contribution in [0, 0.1) is 11.3 Å². The molecule has 40 heavy (non-hydrogen) atoms. The van der Waals surface area contributed by atoms with Crippen LogP contribution in [-0.2, 0) is 24.0 Å². The zero-order valence-electron chi connectivity index (χ0n) is 23.8. The van der Waals surface area contributed by atoms with Gasteiger partial charge >= 0.3 is 6.03 Å². The topological polar surface area (TPSA) is 180 Å². The third-order valence-electron chi connectivity index (χ3n) is 6.47. The Balaban J connectivity index is 2.10. The van der Waals surface area contributed by atoms with Crippen molar-refractivity contribution in [1.29, 1.82) is 0 Å². The van der Waals surface area contributed by atoms with Gasteiger partial charge in [0.25, 0.3) is 11.8 Å². The molecule has 0 radical (unpaired) electrons. The monoisotopic (exact) mass is 576 g/mol. The molecule has 0 bridgehead atoms. The van der Waals surface area contributed by atoms with Gasteiger partial charge in [-0.15, -0.1) is 0 Å². The molecule has 1 fully saturated rings. The molecule has 12 nitrogen and oxygen atoms in total. The molecule has 220 valence electrons. The van der Waals surface area contributed by atoms with Crippen LogP contribution in [0.1, 0.15) is 54.4 Å². The Hall–Kier alpha value is -3.61. The molecular weight excluding hydrogens is 536 g/mol. The summed E-state index contributed by atoms with van der Waals surface area (Å²) in [6, 6.07) is 4.63. The molecule has 0 spiro atoms. The van der Waals surface area contributed by atoms with Gasteiger partial charge in [-0.2, -0.15) is 0 Å². The molecule has 6 N–H and O–H groups in total. The number of nitrogens with two attached hydrogens (primary N) is 1. The van der Waals surface area contributed by atoms with Crippen molar-refractivity contribution in [2.45, 2.75) is 83.4 Å². The zero-order chi connectivity index (χ0) is 30.2. The number of hydrogen-bond donors (Lipinski definition) is 5. The van der Waals surface area contributed by atoms with E-state index >= 15 is 0 Å². The summed E-state index contributed by atoms with van der Waals surface area (Å²) in [7, 11) is 0. The lowest BCUT2D eigenvalue weighted by atomic mass is 9.85. The second kappa shape index (κ2) is 14.1. The van der Waals surface area contributed by atoms with Crippen LogP contribution >= 0.6 is 11.9 Å². The number of Topliss-reactive ketones (excluding diaryl/α,β-unsaturated/α-hetero) is 1. The van der Waals surface area contributed by atoms with E-state index in [9.17, 15) is 28.8 Å². The van der Waals surface area contributed by atoms with Gasteiger partial charge in [0.15, 0.2) is 0 Å². The number of rotatable bonds is 11. The lowest BCUT2D eigenvalue weighted by molar-refractivity contribution is -0.143. The standard InChI is InChI=1S/C27H40N6O6S/c1-15(2)19(24(37)32-40-17-11-8-7-9-12-17)30-26(39)31-21(27(4,5)6)25(38)33-14-10-13-18(33)23(36)29-16(3)20(34)22(28)35/h7-9,11-12,15-16,18-19,21H,10,13-14H2,1-6H3,(H2,28,35)(H,29,36)(H,32,37)(H2,30,31,39). The molecule has 1 heterocycles. The van der Waals surface area contributed by atoms with E-state index in [1.54, 1.807) is 34.6 Å². The van der Waals surface area contributed by atoms with Crippen LogP contribution in [0.3, 0.4) is 0 Å². The highest BCUT2D eigenvalue weighted by molar-refractivity contribution is 7.98. The largest absolute Gasteiger partial charge is 0.363 e. The van der Waals surface area contributed by atoms with Crippen LogP contribution in [0.15, 0.2) is 35.2 Å². The second-order valence-corrected chi connectivity index (χ2v) is 12.0. The van der Waals surface area contributed by atoms with E-state index in [4.69, 9.17) is 5.73 Å². The number of nitrogens with zero attached hydrogens (tertiary/aromatic N) is 1. The fourth-order valence-electron chi connectivity index (χ4n) is 4.22. The van der Waals surface area contributed by atoms with Gasteiger partial charge in [-0.05, 0) is 55.2 Å². The molecule has 4 atom stereocenters. The van der Waals surface area contributed by atoms with E-state index in [0.29, 0.717) is 12.8 Å². The van der Waals surface area contributed by atoms with E-state index in [2.05, 4.69) is 20.7 Å². The number of carbonyl (C=O) groups is 6. The first-order chi connectivity index (χ1) is 18.6. The van der Waals surface area contributed by atoms with Gasteiger partial charge in [-0.3, -0.25) is 28.7 Å². The van der Waals surface area contributed by atoms with Crippen LogP contribution in [0.2, 0.25) is 0 Å². The highest BCUT2D eigenvalue weighted by atomic mass is 32.2. The quantitative estimate of drug-likeness (QED) is 0.193. The van der Waals surface area contributed by atoms with Crippen molar-refractivity contribution in [3.05, 3.63) is 30.3 Å². The Morgan fingerprint density at radius 2 is 1.60 bits per heavy atom. The number of hydrogen-bond acceptors (Lipinski definition) is 7. The summed E-state index contributed by atoms with van der Waals surface area (Å²) in [4.78, 5) is 77.7.